The van der Waals surface area contributed by atoms with E-state index in [1.54, 1.807) is 0 Å². The maximum atomic E-state index is 9.31. The minimum atomic E-state index is -0.103. The van der Waals surface area contributed by atoms with Crippen LogP contribution < -0.4 is 0 Å². The lowest BCUT2D eigenvalue weighted by Gasteiger charge is -2.14. The van der Waals surface area contributed by atoms with Crippen molar-refractivity contribution in [2.75, 3.05) is 0 Å². The molecule has 18 heavy (non-hydrogen) atoms. The Balaban J connectivity index is 2.60. The molecule has 96 valence electrons. The molecule has 0 atom stereocenters. The summed E-state index contributed by atoms with van der Waals surface area (Å²) >= 11 is 3.55. The van der Waals surface area contributed by atoms with E-state index in [1.165, 1.54) is 5.56 Å². The van der Waals surface area contributed by atoms with Gasteiger partial charge in [-0.15, -0.1) is 10.2 Å². The molecule has 1 heterocycles. The highest BCUT2D eigenvalue weighted by molar-refractivity contribution is 9.10. The predicted molar refractivity (Wildman–Crippen MR) is 74.2 cm³/mol. The highest BCUT2D eigenvalue weighted by Crippen LogP contribution is 2.30. The van der Waals surface area contributed by atoms with Gasteiger partial charge in [0.2, 0.25) is 0 Å². The molecule has 0 bridgehead atoms. The lowest BCUT2D eigenvalue weighted by Crippen LogP contribution is -2.08. The summed E-state index contributed by atoms with van der Waals surface area (Å²) in [5.41, 5.74) is 2.17. The van der Waals surface area contributed by atoms with Crippen LogP contribution in [0, 0.1) is 6.92 Å². The molecule has 2 aromatic rings. The average molecular weight is 310 g/mol. The highest BCUT2D eigenvalue weighted by Gasteiger charge is 2.17. The summed E-state index contributed by atoms with van der Waals surface area (Å²) in [7, 11) is 0. The van der Waals surface area contributed by atoms with Gasteiger partial charge in [0, 0.05) is 16.1 Å². The fraction of sp³-hybridized carbons (Fsp3) is 0.385. The van der Waals surface area contributed by atoms with Crippen molar-refractivity contribution in [1.82, 2.24) is 14.8 Å². The first-order valence-electron chi connectivity index (χ1n) is 5.85. The van der Waals surface area contributed by atoms with Crippen LogP contribution in [0.5, 0.6) is 0 Å². The Morgan fingerprint density at radius 3 is 2.61 bits per heavy atom. The van der Waals surface area contributed by atoms with Crippen LogP contribution in [0.2, 0.25) is 0 Å². The molecule has 0 aliphatic carbocycles. The zero-order chi connectivity index (χ0) is 13.3. The van der Waals surface area contributed by atoms with Crippen LogP contribution in [0.1, 0.15) is 31.3 Å². The van der Waals surface area contributed by atoms with Crippen molar-refractivity contribution in [2.24, 2.45) is 0 Å². The monoisotopic (exact) mass is 309 g/mol. The van der Waals surface area contributed by atoms with E-state index >= 15 is 0 Å². The molecule has 1 N–H and O–H groups in total. The Morgan fingerprint density at radius 2 is 2.06 bits per heavy atom. The lowest BCUT2D eigenvalue weighted by atomic mass is 10.1. The van der Waals surface area contributed by atoms with Crippen LogP contribution >= 0.6 is 15.9 Å². The minimum absolute atomic E-state index is 0.103. The zero-order valence-corrected chi connectivity index (χ0v) is 12.3. The van der Waals surface area contributed by atoms with Gasteiger partial charge >= 0.3 is 0 Å². The maximum Gasteiger partial charge on any atom is 0.165 e. The van der Waals surface area contributed by atoms with E-state index in [0.29, 0.717) is 5.82 Å². The van der Waals surface area contributed by atoms with Crippen LogP contribution in [0.25, 0.3) is 11.4 Å². The Kier molecular flexibility index (Phi) is 3.82. The Labute approximate surface area is 115 Å². The Morgan fingerprint density at radius 1 is 1.33 bits per heavy atom. The molecule has 0 radical (unpaired) electrons. The average Bonchev–Trinajstić information content (AvgIpc) is 2.72. The Bertz CT molecular complexity index is 563. The molecular formula is C13H16BrN3O. The molecule has 0 aliphatic rings. The smallest absolute Gasteiger partial charge is 0.165 e. The van der Waals surface area contributed by atoms with Crippen LogP contribution in [0.15, 0.2) is 22.7 Å². The van der Waals surface area contributed by atoms with Crippen LogP contribution in [0.4, 0.5) is 0 Å². The molecule has 0 spiro atoms. The largest absolute Gasteiger partial charge is 0.388 e. The van der Waals surface area contributed by atoms with Gasteiger partial charge in [0.1, 0.15) is 6.61 Å². The van der Waals surface area contributed by atoms with Crippen LogP contribution in [-0.4, -0.2) is 19.9 Å². The molecule has 1 aromatic carbocycles. The van der Waals surface area contributed by atoms with Gasteiger partial charge in [0.05, 0.1) is 0 Å². The molecule has 0 aliphatic heterocycles. The SMILES string of the molecule is Cc1ccc(-c2nnc(CO)n2C(C)C)c(Br)c1. The zero-order valence-electron chi connectivity index (χ0n) is 10.7. The van der Waals surface area contributed by atoms with Gasteiger partial charge < -0.3 is 9.67 Å². The van der Waals surface area contributed by atoms with Gasteiger partial charge in [0.25, 0.3) is 0 Å². The number of aromatic nitrogens is 3. The van der Waals surface area contributed by atoms with Crippen molar-refractivity contribution >= 4 is 15.9 Å². The number of hydrogen-bond donors (Lipinski definition) is 1. The molecule has 2 rings (SSSR count). The topological polar surface area (TPSA) is 50.9 Å². The number of hydrogen-bond acceptors (Lipinski definition) is 3. The second-order valence-electron chi connectivity index (χ2n) is 4.54. The summed E-state index contributed by atoms with van der Waals surface area (Å²) in [5, 5.41) is 17.5. The molecule has 0 saturated heterocycles. The first-order valence-corrected chi connectivity index (χ1v) is 6.65. The van der Waals surface area contributed by atoms with Gasteiger partial charge in [-0.05, 0) is 38.5 Å². The van der Waals surface area contributed by atoms with E-state index < -0.39 is 0 Å². The minimum Gasteiger partial charge on any atom is -0.388 e. The van der Waals surface area contributed by atoms with Crippen molar-refractivity contribution in [3.63, 3.8) is 0 Å². The summed E-state index contributed by atoms with van der Waals surface area (Å²) < 4.78 is 2.94. The quantitative estimate of drug-likeness (QED) is 0.948. The van der Waals surface area contributed by atoms with E-state index in [1.807, 2.05) is 43.5 Å². The number of halogens is 1. The summed E-state index contributed by atoms with van der Waals surface area (Å²) in [6.07, 6.45) is 0. The summed E-state index contributed by atoms with van der Waals surface area (Å²) in [5.74, 6) is 1.37. The van der Waals surface area contributed by atoms with Crippen LogP contribution in [-0.2, 0) is 6.61 Å². The van der Waals surface area contributed by atoms with Gasteiger partial charge in [-0.25, -0.2) is 0 Å². The van der Waals surface area contributed by atoms with E-state index in [-0.39, 0.29) is 12.6 Å². The Hall–Kier alpha value is -1.20. The molecular weight excluding hydrogens is 294 g/mol. The normalized spacial score (nSPS) is 11.2. The first-order chi connectivity index (χ1) is 8.54. The van der Waals surface area contributed by atoms with Crippen molar-refractivity contribution in [3.8, 4) is 11.4 Å². The molecule has 4 nitrogen and oxygen atoms in total. The fourth-order valence-corrected chi connectivity index (χ4v) is 2.63. The van der Waals surface area contributed by atoms with Crippen LogP contribution in [0.3, 0.4) is 0 Å². The van der Waals surface area contributed by atoms with Gasteiger partial charge in [-0.3, -0.25) is 0 Å². The van der Waals surface area contributed by atoms with Crippen molar-refractivity contribution < 1.29 is 5.11 Å². The third kappa shape index (κ3) is 2.33. The van der Waals surface area contributed by atoms with E-state index in [9.17, 15) is 5.11 Å². The van der Waals surface area contributed by atoms with Gasteiger partial charge in [-0.2, -0.15) is 0 Å². The second-order valence-corrected chi connectivity index (χ2v) is 5.40. The standard InChI is InChI=1S/C13H16BrN3O/c1-8(2)17-12(7-18)15-16-13(17)10-5-4-9(3)6-11(10)14/h4-6,8,18H,7H2,1-3H3. The third-order valence-corrected chi connectivity index (χ3v) is 3.45. The molecule has 1 aromatic heterocycles. The predicted octanol–water partition coefficient (Wildman–Crippen LogP) is 3.09. The number of aliphatic hydroxyl groups is 1. The van der Waals surface area contributed by atoms with E-state index in [2.05, 4.69) is 26.1 Å². The summed E-state index contributed by atoms with van der Waals surface area (Å²) in [6, 6.07) is 6.31. The first kappa shape index (κ1) is 13.2. The maximum absolute atomic E-state index is 9.31. The molecule has 5 heteroatoms. The molecule has 0 unspecified atom stereocenters. The van der Waals surface area contributed by atoms with E-state index in [4.69, 9.17) is 0 Å². The van der Waals surface area contributed by atoms with Crippen molar-refractivity contribution in [3.05, 3.63) is 34.1 Å². The fourth-order valence-electron chi connectivity index (χ4n) is 1.96. The van der Waals surface area contributed by atoms with Crippen molar-refractivity contribution in [1.29, 1.82) is 0 Å². The lowest BCUT2D eigenvalue weighted by molar-refractivity contribution is 0.262. The van der Waals surface area contributed by atoms with Gasteiger partial charge in [0.15, 0.2) is 11.6 Å². The molecule has 0 saturated carbocycles. The number of aliphatic hydroxyl groups excluding tert-OH is 1. The van der Waals surface area contributed by atoms with E-state index in [0.717, 1.165) is 15.9 Å². The number of rotatable bonds is 3. The third-order valence-electron chi connectivity index (χ3n) is 2.79. The van der Waals surface area contributed by atoms with Gasteiger partial charge in [-0.1, -0.05) is 22.0 Å². The summed E-state index contributed by atoms with van der Waals surface area (Å²) in [6.45, 7) is 6.04. The molecule has 0 amide bonds. The number of nitrogens with zero attached hydrogens (tertiary/aromatic N) is 3. The highest BCUT2D eigenvalue weighted by atomic mass is 79.9. The number of benzene rings is 1. The summed E-state index contributed by atoms with van der Waals surface area (Å²) in [4.78, 5) is 0. The molecule has 0 fully saturated rings. The number of aryl methyl sites for hydroxylation is 1. The van der Waals surface area contributed by atoms with Crippen molar-refractivity contribution in [2.45, 2.75) is 33.4 Å². The second kappa shape index (κ2) is 5.20.